The van der Waals surface area contributed by atoms with Gasteiger partial charge in [-0.15, -0.1) is 4.40 Å². The molecule has 0 aromatic heterocycles. The molecule has 0 fully saturated rings. The number of hydrogen-bond donors (Lipinski definition) is 0. The van der Waals surface area contributed by atoms with Crippen LogP contribution in [0.3, 0.4) is 0 Å². The van der Waals surface area contributed by atoms with Crippen molar-refractivity contribution >= 4 is 33.0 Å². The summed E-state index contributed by atoms with van der Waals surface area (Å²) in [4.78, 5) is 1.55. The highest BCUT2D eigenvalue weighted by molar-refractivity contribution is 8.13. The summed E-state index contributed by atoms with van der Waals surface area (Å²) >= 11 is 1.56. The summed E-state index contributed by atoms with van der Waals surface area (Å²) in [6.45, 7) is 3.37. The van der Waals surface area contributed by atoms with Crippen LogP contribution in [0.1, 0.15) is 17.2 Å². The first-order valence-corrected chi connectivity index (χ1v) is 11.1. The molecule has 2 aromatic rings. The largest absolute Gasteiger partial charge is 0.827 e. The molecule has 2 heterocycles. The van der Waals surface area contributed by atoms with Crippen LogP contribution in [0.25, 0.3) is 0 Å². The first kappa shape index (κ1) is 18.1. The SMILES string of the molecule is Cc1ccc(S(=O)(=O)/N=C(\[O-])N2C3=[N+](CCS3)CC2c2ccccc2)cc1. The van der Waals surface area contributed by atoms with Crippen LogP contribution in [0.2, 0.25) is 0 Å². The first-order chi connectivity index (χ1) is 13.0. The fourth-order valence-electron chi connectivity index (χ4n) is 3.30. The van der Waals surface area contributed by atoms with Crippen molar-refractivity contribution in [3.05, 3.63) is 65.7 Å². The second-order valence-corrected chi connectivity index (χ2v) is 9.20. The molecule has 0 aliphatic carbocycles. The van der Waals surface area contributed by atoms with E-state index in [2.05, 4.69) is 8.97 Å². The standard InChI is InChI=1S/C19H19N3O3S2/c1-14-7-9-16(10-8-14)27(24,25)20-18(23)22-17(15-5-3-2-4-6-15)13-21-11-12-26-19(21)22/h2-10,17H,11-13H2,1H3. The topological polar surface area (TPSA) is 75.8 Å². The lowest BCUT2D eigenvalue weighted by Crippen LogP contribution is -2.43. The van der Waals surface area contributed by atoms with Gasteiger partial charge in [0.15, 0.2) is 12.1 Å². The third-order valence-corrected chi connectivity index (χ3v) is 7.05. The van der Waals surface area contributed by atoms with Gasteiger partial charge in [0.05, 0.1) is 11.4 Å². The molecule has 27 heavy (non-hydrogen) atoms. The van der Waals surface area contributed by atoms with Crippen LogP contribution in [0.5, 0.6) is 0 Å². The van der Waals surface area contributed by atoms with Crippen LogP contribution in [0.15, 0.2) is 63.9 Å². The van der Waals surface area contributed by atoms with Crippen LogP contribution in [0, 0.1) is 6.92 Å². The number of benzene rings is 2. The summed E-state index contributed by atoms with van der Waals surface area (Å²) in [6.07, 6.45) is 0. The third kappa shape index (κ3) is 3.46. The van der Waals surface area contributed by atoms with Crippen LogP contribution in [-0.2, 0) is 10.0 Å². The molecule has 1 unspecified atom stereocenters. The fourth-order valence-corrected chi connectivity index (χ4v) is 5.37. The molecule has 4 rings (SSSR count). The van der Waals surface area contributed by atoms with Gasteiger partial charge < -0.3 is 5.11 Å². The molecule has 0 saturated heterocycles. The van der Waals surface area contributed by atoms with E-state index < -0.39 is 16.0 Å². The number of aryl methyl sites for hydroxylation is 1. The molecule has 0 N–H and O–H groups in total. The number of rotatable bonds is 3. The highest BCUT2D eigenvalue weighted by Crippen LogP contribution is 2.33. The molecule has 0 amide bonds. The van der Waals surface area contributed by atoms with Crippen molar-refractivity contribution < 1.29 is 18.1 Å². The molecule has 6 nitrogen and oxygen atoms in total. The number of hydrogen-bond acceptors (Lipinski definition) is 4. The highest BCUT2D eigenvalue weighted by atomic mass is 32.2. The van der Waals surface area contributed by atoms with Crippen molar-refractivity contribution in [2.75, 3.05) is 18.8 Å². The Kier molecular flexibility index (Phi) is 4.69. The Morgan fingerprint density at radius 2 is 1.89 bits per heavy atom. The van der Waals surface area contributed by atoms with Gasteiger partial charge in [0.2, 0.25) is 0 Å². The maximum Gasteiger partial charge on any atom is 0.314 e. The maximum atomic E-state index is 12.9. The number of nitrogens with zero attached hydrogens (tertiary/aromatic N) is 3. The van der Waals surface area contributed by atoms with E-state index in [1.165, 1.54) is 17.0 Å². The van der Waals surface area contributed by atoms with E-state index in [0.717, 1.165) is 28.6 Å². The summed E-state index contributed by atoms with van der Waals surface area (Å²) in [7, 11) is -4.06. The van der Waals surface area contributed by atoms with Crippen LogP contribution >= 0.6 is 11.8 Å². The fraction of sp³-hybridized carbons (Fsp3) is 0.263. The van der Waals surface area contributed by atoms with Crippen molar-refractivity contribution in [3.8, 4) is 0 Å². The lowest BCUT2D eigenvalue weighted by molar-refractivity contribution is -0.511. The Labute approximate surface area is 162 Å². The Morgan fingerprint density at radius 1 is 1.19 bits per heavy atom. The molecular weight excluding hydrogens is 382 g/mol. The predicted octanol–water partition coefficient (Wildman–Crippen LogP) is 1.57. The predicted molar refractivity (Wildman–Crippen MR) is 104 cm³/mol. The number of thioether (sulfide) groups is 1. The third-order valence-electron chi connectivity index (χ3n) is 4.68. The van der Waals surface area contributed by atoms with E-state index in [1.807, 2.05) is 37.3 Å². The van der Waals surface area contributed by atoms with Crippen LogP contribution in [-0.4, -0.2) is 47.9 Å². The summed E-state index contributed by atoms with van der Waals surface area (Å²) in [6, 6.07) is 15.0. The lowest BCUT2D eigenvalue weighted by atomic mass is 10.1. The molecule has 140 valence electrons. The minimum Gasteiger partial charge on any atom is -0.827 e. The summed E-state index contributed by atoms with van der Waals surface area (Å²) < 4.78 is 30.9. The van der Waals surface area contributed by atoms with Gasteiger partial charge in [-0.05, 0) is 30.8 Å². The molecule has 2 aromatic carbocycles. The second kappa shape index (κ2) is 7.01. The molecule has 2 aliphatic heterocycles. The van der Waals surface area contributed by atoms with Crippen LogP contribution < -0.4 is 5.11 Å². The van der Waals surface area contributed by atoms with Crippen LogP contribution in [0.4, 0.5) is 0 Å². The minimum absolute atomic E-state index is 0.0258. The quantitative estimate of drug-likeness (QED) is 0.443. The van der Waals surface area contributed by atoms with E-state index in [4.69, 9.17) is 0 Å². The normalized spacial score (nSPS) is 20.3. The average Bonchev–Trinajstić information content (AvgIpc) is 3.23. The van der Waals surface area contributed by atoms with Crippen molar-refractivity contribution in [1.29, 1.82) is 0 Å². The zero-order valence-corrected chi connectivity index (χ0v) is 16.4. The molecular formula is C19H19N3O3S2. The van der Waals surface area contributed by atoms with E-state index in [1.54, 1.807) is 23.9 Å². The minimum atomic E-state index is -4.06. The van der Waals surface area contributed by atoms with Gasteiger partial charge in [0.25, 0.3) is 10.0 Å². The zero-order valence-electron chi connectivity index (χ0n) is 14.8. The molecule has 8 heteroatoms. The highest BCUT2D eigenvalue weighted by Gasteiger charge is 2.44. The van der Waals surface area contributed by atoms with Crippen molar-refractivity contribution in [2.24, 2.45) is 4.40 Å². The summed E-state index contributed by atoms with van der Waals surface area (Å²) in [5.74, 6) is 0.880. The first-order valence-electron chi connectivity index (χ1n) is 8.63. The van der Waals surface area contributed by atoms with Crippen molar-refractivity contribution in [2.45, 2.75) is 17.9 Å². The van der Waals surface area contributed by atoms with Gasteiger partial charge in [0.1, 0.15) is 6.54 Å². The van der Waals surface area contributed by atoms with E-state index in [-0.39, 0.29) is 10.9 Å². The van der Waals surface area contributed by atoms with E-state index >= 15 is 0 Å². The number of sulfonamides is 1. The smallest absolute Gasteiger partial charge is 0.314 e. The van der Waals surface area contributed by atoms with Crippen molar-refractivity contribution in [3.63, 3.8) is 0 Å². The molecule has 2 aliphatic rings. The molecule has 0 spiro atoms. The van der Waals surface area contributed by atoms with Gasteiger partial charge in [-0.1, -0.05) is 48.0 Å². The number of amidine groups is 2. The monoisotopic (exact) mass is 401 g/mol. The van der Waals surface area contributed by atoms with Crippen molar-refractivity contribution in [1.82, 2.24) is 4.90 Å². The van der Waals surface area contributed by atoms with Gasteiger partial charge in [0, 0.05) is 11.3 Å². The average molecular weight is 402 g/mol. The molecule has 1 atom stereocenters. The second-order valence-electron chi connectivity index (χ2n) is 6.54. The van der Waals surface area contributed by atoms with E-state index in [0.29, 0.717) is 6.54 Å². The summed E-state index contributed by atoms with van der Waals surface area (Å²) in [5, 5.41) is 13.7. The Hall–Kier alpha value is -2.32. The Bertz CT molecular complexity index is 1020. The Morgan fingerprint density at radius 3 is 2.59 bits per heavy atom. The molecule has 0 saturated carbocycles. The molecule has 0 bridgehead atoms. The van der Waals surface area contributed by atoms with Gasteiger partial charge >= 0.3 is 5.17 Å². The van der Waals surface area contributed by atoms with Gasteiger partial charge in [-0.3, -0.25) is 4.58 Å². The Balaban J connectivity index is 1.72. The summed E-state index contributed by atoms with van der Waals surface area (Å²) in [5.41, 5.74) is 1.91. The molecule has 0 radical (unpaired) electrons. The zero-order chi connectivity index (χ0) is 19.0. The van der Waals surface area contributed by atoms with E-state index in [9.17, 15) is 13.5 Å². The lowest BCUT2D eigenvalue weighted by Gasteiger charge is -2.24. The maximum absolute atomic E-state index is 12.9. The van der Waals surface area contributed by atoms with Gasteiger partial charge in [-0.2, -0.15) is 8.42 Å². The van der Waals surface area contributed by atoms with Gasteiger partial charge in [-0.25, -0.2) is 4.90 Å².